The highest BCUT2D eigenvalue weighted by atomic mass is 32.2. The number of Topliss-reactive ketones (excluding diaryl/α,β-unsaturated/α-hetero) is 1. The Balaban J connectivity index is 6.95. The van der Waals surface area contributed by atoms with Gasteiger partial charge in [0.25, 0.3) is 9.84 Å². The van der Waals surface area contributed by atoms with Gasteiger partial charge in [0.15, 0.2) is 5.83 Å². The summed E-state index contributed by atoms with van der Waals surface area (Å²) in [5, 5.41) is 0. The molecule has 0 bridgehead atoms. The van der Waals surface area contributed by atoms with E-state index < -0.39 is 74.9 Å². The van der Waals surface area contributed by atoms with Crippen LogP contribution in [0.3, 0.4) is 0 Å². The molecule has 0 aromatic heterocycles. The molecule has 0 amide bonds. The Morgan fingerprint density at radius 3 is 1.31 bits per heavy atom. The van der Waals surface area contributed by atoms with Crippen LogP contribution >= 0.6 is 0 Å². The molecule has 0 aliphatic rings. The Kier molecular flexibility index (Phi) is 8.59. The molecule has 214 valence electrons. The highest BCUT2D eigenvalue weighted by molar-refractivity contribution is 7.92. The average molecular weight is 602 g/mol. The Morgan fingerprint density at radius 2 is 1.03 bits per heavy atom. The van der Waals surface area contributed by atoms with Gasteiger partial charge in [-0.15, -0.1) is 0 Å². The molecule has 0 aromatic rings. The molecule has 0 heterocycles. The molecule has 0 spiro atoms. The minimum Gasteiger partial charge on any atom is -0.292 e. The molecular weight excluding hydrogens is 598 g/mol. The van der Waals surface area contributed by atoms with E-state index in [2.05, 4.69) is 0 Å². The van der Waals surface area contributed by atoms with E-state index in [0.29, 0.717) is 0 Å². The lowest BCUT2D eigenvalue weighted by molar-refractivity contribution is -0.538. The average Bonchev–Trinajstić information content (AvgIpc) is 2.56. The number of rotatable bonds is 10. The van der Waals surface area contributed by atoms with Gasteiger partial charge >= 0.3 is 47.7 Å². The highest BCUT2D eigenvalue weighted by Gasteiger charge is 2.85. The zero-order chi connectivity index (χ0) is 29.8. The van der Waals surface area contributed by atoms with Crippen molar-refractivity contribution >= 4 is 15.6 Å². The highest BCUT2D eigenvalue weighted by Crippen LogP contribution is 2.56. The lowest BCUT2D eigenvalue weighted by atomic mass is 10.1. The largest absolute Gasteiger partial charge is 0.497 e. The molecule has 2 unspecified atom stereocenters. The zero-order valence-corrected chi connectivity index (χ0v) is 16.5. The fourth-order valence-corrected chi connectivity index (χ4v) is 2.27. The quantitative estimate of drug-likeness (QED) is 0.319. The summed E-state index contributed by atoms with van der Waals surface area (Å²) in [7, 11) is -7.25. The first-order valence-corrected chi connectivity index (χ1v) is 9.11. The molecule has 0 aliphatic carbocycles. The topological polar surface area (TPSA) is 69.7 Å². The van der Waals surface area contributed by atoms with Crippen molar-refractivity contribution in [1.29, 1.82) is 0 Å². The van der Waals surface area contributed by atoms with E-state index in [1.807, 2.05) is 0 Å². The number of halogens is 18. The second-order valence-corrected chi connectivity index (χ2v) is 8.01. The number of ketones is 1. The van der Waals surface area contributed by atoms with E-state index in [0.717, 1.165) is 0 Å². The summed E-state index contributed by atoms with van der Waals surface area (Å²) in [4.78, 5) is 11.0. The van der Waals surface area contributed by atoms with Crippen molar-refractivity contribution < 1.29 is 102 Å². The van der Waals surface area contributed by atoms with Gasteiger partial charge in [-0.3, -0.25) is 14.3 Å². The van der Waals surface area contributed by atoms with Gasteiger partial charge in [0.2, 0.25) is 5.78 Å². The summed E-state index contributed by atoms with van der Waals surface area (Å²) in [5.74, 6) is -35.6. The van der Waals surface area contributed by atoms with Crippen LogP contribution < -0.4 is 0 Å². The van der Waals surface area contributed by atoms with E-state index in [1.54, 1.807) is 4.74 Å². The Bertz CT molecular complexity index is 962. The molecule has 36 heavy (non-hydrogen) atoms. The van der Waals surface area contributed by atoms with Crippen LogP contribution in [0.15, 0.2) is 12.4 Å². The second kappa shape index (κ2) is 9.09. The van der Waals surface area contributed by atoms with Gasteiger partial charge in [0.1, 0.15) is 5.75 Å². The number of hydrogen-bond donors (Lipinski definition) is 0. The van der Waals surface area contributed by atoms with Crippen molar-refractivity contribution in [3.63, 3.8) is 0 Å². The molecule has 0 saturated carbocycles. The summed E-state index contributed by atoms with van der Waals surface area (Å²) in [6.45, 7) is 1.48. The molecule has 0 aromatic carbocycles. The van der Waals surface area contributed by atoms with Crippen LogP contribution in [-0.2, 0) is 24.1 Å². The van der Waals surface area contributed by atoms with Crippen LogP contribution in [-0.4, -0.2) is 67.7 Å². The van der Waals surface area contributed by atoms with E-state index in [9.17, 15) is 92.2 Å². The Morgan fingerprint density at radius 1 is 0.667 bits per heavy atom. The maximum absolute atomic E-state index is 14.1. The lowest BCUT2D eigenvalue weighted by Gasteiger charge is -2.40. The minimum atomic E-state index is -8.12. The summed E-state index contributed by atoms with van der Waals surface area (Å²) in [6, 6.07) is 0. The third-order valence-electron chi connectivity index (χ3n) is 3.38. The van der Waals surface area contributed by atoms with Gasteiger partial charge in [-0.1, -0.05) is 6.58 Å². The van der Waals surface area contributed by atoms with E-state index in [-0.39, 0.29) is 0 Å². The maximum Gasteiger partial charge on any atom is 0.497 e. The molecule has 24 heteroatoms. The van der Waals surface area contributed by atoms with Crippen molar-refractivity contribution in [3.05, 3.63) is 12.4 Å². The van der Waals surface area contributed by atoms with E-state index >= 15 is 0 Å². The number of alkyl halides is 17. The molecule has 2 atom stereocenters. The molecule has 0 N–H and O–H groups in total. The van der Waals surface area contributed by atoms with Crippen molar-refractivity contribution in [3.8, 4) is 0 Å². The molecule has 0 rings (SSSR count). The molecule has 0 fully saturated rings. The maximum atomic E-state index is 14.1. The fourth-order valence-electron chi connectivity index (χ4n) is 1.58. The van der Waals surface area contributed by atoms with Crippen LogP contribution in [0.5, 0.6) is 0 Å². The van der Waals surface area contributed by atoms with Gasteiger partial charge < -0.3 is 0 Å². The number of carbonyl (C=O) groups is 1. The Hall–Kier alpha value is -1.98. The van der Waals surface area contributed by atoms with Crippen molar-refractivity contribution in [2.24, 2.45) is 0 Å². The van der Waals surface area contributed by atoms with E-state index in [1.165, 1.54) is 11.3 Å². The van der Waals surface area contributed by atoms with E-state index in [4.69, 9.17) is 0 Å². The van der Waals surface area contributed by atoms with Crippen LogP contribution in [0.25, 0.3) is 0 Å². The first-order valence-electron chi connectivity index (χ1n) is 7.46. The van der Waals surface area contributed by atoms with Gasteiger partial charge in [-0.2, -0.15) is 74.6 Å². The van der Waals surface area contributed by atoms with Gasteiger partial charge in [-0.05, 0) is 0 Å². The van der Waals surface area contributed by atoms with Gasteiger partial charge in [0.05, 0.1) is 0 Å². The van der Waals surface area contributed by atoms with Gasteiger partial charge in [-0.25, -0.2) is 12.8 Å². The molecule has 5 nitrogen and oxygen atoms in total. The smallest absolute Gasteiger partial charge is 0.292 e. The first kappa shape index (κ1) is 34.0. The number of sulfone groups is 1. The molecule has 0 radical (unpaired) electrons. The zero-order valence-electron chi connectivity index (χ0n) is 15.7. The fraction of sp³-hybridized carbons (Fsp3) is 0.750. The third-order valence-corrected chi connectivity index (χ3v) is 4.73. The molecule has 0 saturated heterocycles. The normalized spacial score (nSPS) is 18.4. The SMILES string of the molecule is C=C(F)C(F)(F)OC(F)(C(F)(F)F)C(F)(F)OC(F)(C(F)(F)F)C(F)(F)C(=O)CS(=O)(=O)C(F)(F)F. The van der Waals surface area contributed by atoms with Crippen molar-refractivity contribution in [2.45, 2.75) is 47.7 Å². The van der Waals surface area contributed by atoms with Crippen LogP contribution in [0.4, 0.5) is 79.0 Å². The number of ether oxygens (including phenoxy) is 2. The second-order valence-electron chi connectivity index (χ2n) is 6.03. The Labute approximate surface area is 184 Å². The minimum absolute atomic E-state index is 1.42. The molecular formula is C12H4F18O5S. The summed E-state index contributed by atoms with van der Waals surface area (Å²) < 4.78 is 258. The van der Waals surface area contributed by atoms with Crippen LogP contribution in [0.2, 0.25) is 0 Å². The number of carbonyl (C=O) groups excluding carboxylic acids is 1. The number of hydrogen-bond acceptors (Lipinski definition) is 5. The summed E-state index contributed by atoms with van der Waals surface area (Å²) in [5.41, 5.74) is -6.74. The van der Waals surface area contributed by atoms with Crippen molar-refractivity contribution in [2.75, 3.05) is 5.75 Å². The predicted octanol–water partition coefficient (Wildman–Crippen LogP) is 5.28. The monoisotopic (exact) mass is 602 g/mol. The summed E-state index contributed by atoms with van der Waals surface area (Å²) >= 11 is 0. The first-order chi connectivity index (χ1) is 15.2. The standard InChI is InChI=1S/C12H4F18O5S/c1-3(13)6(16,17)34-8(19,10(23,24)25)11(26,27)35-7(18,9(20,21)22)5(14,15)4(31)2-36(32,33)12(28,29)30/h1-2H2. The predicted molar refractivity (Wildman–Crippen MR) is 71.9 cm³/mol. The van der Waals surface area contributed by atoms with Crippen LogP contribution in [0, 0.1) is 0 Å². The van der Waals surface area contributed by atoms with Gasteiger partial charge in [0, 0.05) is 0 Å². The summed E-state index contributed by atoms with van der Waals surface area (Å²) in [6.07, 6.45) is -30.5. The van der Waals surface area contributed by atoms with Crippen LogP contribution in [0.1, 0.15) is 0 Å². The molecule has 0 aliphatic heterocycles. The third kappa shape index (κ3) is 5.94. The van der Waals surface area contributed by atoms with Crippen molar-refractivity contribution in [1.82, 2.24) is 0 Å². The lowest BCUT2D eigenvalue weighted by Crippen LogP contribution is -2.69.